The largest absolute Gasteiger partial charge is 0.338 e. The standard InChI is InChI=1S/C13H19N3OS/c1-10-15-8-11(18-10)12(17)16-6-3-13(4-7-16)2-5-14-9-13/h8,14H,2-7,9H2,1H3. The van der Waals surface area contributed by atoms with Crippen molar-refractivity contribution in [2.75, 3.05) is 26.2 Å². The zero-order valence-corrected chi connectivity index (χ0v) is 11.6. The average Bonchev–Trinajstić information content (AvgIpc) is 3.00. The summed E-state index contributed by atoms with van der Waals surface area (Å²) in [7, 11) is 0. The number of likely N-dealkylation sites (tertiary alicyclic amines) is 1. The predicted octanol–water partition coefficient (Wildman–Crippen LogP) is 1.67. The molecular formula is C13H19N3OS. The first-order valence-electron chi connectivity index (χ1n) is 6.61. The van der Waals surface area contributed by atoms with Gasteiger partial charge in [0.2, 0.25) is 0 Å². The maximum absolute atomic E-state index is 12.3. The van der Waals surface area contributed by atoms with Gasteiger partial charge in [0.25, 0.3) is 5.91 Å². The van der Waals surface area contributed by atoms with Gasteiger partial charge in [-0.2, -0.15) is 0 Å². The highest BCUT2D eigenvalue weighted by atomic mass is 32.1. The molecule has 2 fully saturated rings. The number of hydrogen-bond acceptors (Lipinski definition) is 4. The monoisotopic (exact) mass is 265 g/mol. The highest BCUT2D eigenvalue weighted by molar-refractivity contribution is 7.13. The van der Waals surface area contributed by atoms with Gasteiger partial charge in [-0.05, 0) is 38.1 Å². The number of rotatable bonds is 1. The summed E-state index contributed by atoms with van der Waals surface area (Å²) in [5.74, 6) is 0.168. The van der Waals surface area contributed by atoms with E-state index in [9.17, 15) is 4.79 Å². The molecule has 0 radical (unpaired) electrons. The minimum absolute atomic E-state index is 0.168. The van der Waals surface area contributed by atoms with Gasteiger partial charge in [-0.3, -0.25) is 4.79 Å². The van der Waals surface area contributed by atoms with Gasteiger partial charge in [0.05, 0.1) is 11.2 Å². The molecule has 1 amide bonds. The molecule has 5 heteroatoms. The van der Waals surface area contributed by atoms with E-state index in [1.807, 2.05) is 11.8 Å². The number of carbonyl (C=O) groups excluding carboxylic acids is 1. The van der Waals surface area contributed by atoms with Crippen LogP contribution in [0.3, 0.4) is 0 Å². The summed E-state index contributed by atoms with van der Waals surface area (Å²) in [6, 6.07) is 0. The highest BCUT2D eigenvalue weighted by Gasteiger charge is 2.38. The van der Waals surface area contributed by atoms with Crippen molar-refractivity contribution in [2.45, 2.75) is 26.2 Å². The van der Waals surface area contributed by atoms with Gasteiger partial charge in [0.1, 0.15) is 4.88 Å². The molecule has 3 rings (SSSR count). The number of aryl methyl sites for hydroxylation is 1. The molecule has 4 nitrogen and oxygen atoms in total. The normalized spacial score (nSPS) is 22.6. The summed E-state index contributed by atoms with van der Waals surface area (Å²) in [5, 5.41) is 4.42. The first-order valence-corrected chi connectivity index (χ1v) is 7.43. The first kappa shape index (κ1) is 12.1. The second-order valence-corrected chi connectivity index (χ2v) is 6.70. The molecule has 0 aromatic carbocycles. The minimum Gasteiger partial charge on any atom is -0.338 e. The minimum atomic E-state index is 0.168. The number of aromatic nitrogens is 1. The third-order valence-electron chi connectivity index (χ3n) is 4.28. The van der Waals surface area contributed by atoms with Crippen molar-refractivity contribution in [1.82, 2.24) is 15.2 Å². The fraction of sp³-hybridized carbons (Fsp3) is 0.692. The fourth-order valence-electron chi connectivity index (χ4n) is 3.02. The Morgan fingerprint density at radius 2 is 2.22 bits per heavy atom. The zero-order chi connectivity index (χ0) is 12.6. The Labute approximate surface area is 111 Å². The second kappa shape index (κ2) is 4.63. The van der Waals surface area contributed by atoms with Gasteiger partial charge < -0.3 is 10.2 Å². The number of piperidine rings is 1. The molecule has 3 heterocycles. The summed E-state index contributed by atoms with van der Waals surface area (Å²) >= 11 is 1.50. The molecule has 2 aliphatic rings. The fourth-order valence-corrected chi connectivity index (χ4v) is 3.77. The van der Waals surface area contributed by atoms with Crippen molar-refractivity contribution in [3.05, 3.63) is 16.1 Å². The SMILES string of the molecule is Cc1ncc(C(=O)N2CCC3(CCNC3)CC2)s1. The lowest BCUT2D eigenvalue weighted by molar-refractivity contribution is 0.0612. The first-order chi connectivity index (χ1) is 8.69. The van der Waals surface area contributed by atoms with Crippen LogP contribution in [0.5, 0.6) is 0 Å². The van der Waals surface area contributed by atoms with E-state index in [0.717, 1.165) is 48.9 Å². The van der Waals surface area contributed by atoms with E-state index < -0.39 is 0 Å². The molecule has 2 aliphatic heterocycles. The summed E-state index contributed by atoms with van der Waals surface area (Å²) in [6.45, 7) is 6.02. The van der Waals surface area contributed by atoms with Crippen molar-refractivity contribution >= 4 is 17.2 Å². The van der Waals surface area contributed by atoms with Crippen molar-refractivity contribution in [1.29, 1.82) is 0 Å². The van der Waals surface area contributed by atoms with Crippen molar-refractivity contribution in [3.63, 3.8) is 0 Å². The average molecular weight is 265 g/mol. The maximum atomic E-state index is 12.3. The Hall–Kier alpha value is -0.940. The van der Waals surface area contributed by atoms with E-state index in [-0.39, 0.29) is 5.91 Å². The lowest BCUT2D eigenvalue weighted by Crippen LogP contribution is -2.43. The zero-order valence-electron chi connectivity index (χ0n) is 10.7. The van der Waals surface area contributed by atoms with Gasteiger partial charge in [-0.15, -0.1) is 11.3 Å². The van der Waals surface area contributed by atoms with Gasteiger partial charge in [0.15, 0.2) is 0 Å². The Kier molecular flexibility index (Phi) is 3.11. The molecule has 1 N–H and O–H groups in total. The van der Waals surface area contributed by atoms with Crippen molar-refractivity contribution in [2.24, 2.45) is 5.41 Å². The number of thiazole rings is 1. The molecule has 2 saturated heterocycles. The van der Waals surface area contributed by atoms with Gasteiger partial charge >= 0.3 is 0 Å². The van der Waals surface area contributed by atoms with Crippen LogP contribution in [0.1, 0.15) is 33.9 Å². The number of hydrogen-bond donors (Lipinski definition) is 1. The number of nitrogens with one attached hydrogen (secondary N) is 1. The smallest absolute Gasteiger partial charge is 0.265 e. The Morgan fingerprint density at radius 1 is 1.44 bits per heavy atom. The summed E-state index contributed by atoms with van der Waals surface area (Å²) < 4.78 is 0. The van der Waals surface area contributed by atoms with Gasteiger partial charge in [-0.1, -0.05) is 0 Å². The predicted molar refractivity (Wildman–Crippen MR) is 71.9 cm³/mol. The van der Waals surface area contributed by atoms with Crippen molar-refractivity contribution < 1.29 is 4.79 Å². The van der Waals surface area contributed by atoms with E-state index in [1.54, 1.807) is 6.20 Å². The van der Waals surface area contributed by atoms with Crippen LogP contribution in [0.25, 0.3) is 0 Å². The van der Waals surface area contributed by atoms with E-state index in [4.69, 9.17) is 0 Å². The van der Waals surface area contributed by atoms with Crippen LogP contribution in [0.4, 0.5) is 0 Å². The molecule has 0 atom stereocenters. The second-order valence-electron chi connectivity index (χ2n) is 5.46. The van der Waals surface area contributed by atoms with Gasteiger partial charge in [-0.25, -0.2) is 4.98 Å². The lowest BCUT2D eigenvalue weighted by Gasteiger charge is -2.38. The lowest BCUT2D eigenvalue weighted by atomic mass is 9.78. The van der Waals surface area contributed by atoms with Gasteiger partial charge in [0, 0.05) is 19.6 Å². The molecule has 18 heavy (non-hydrogen) atoms. The van der Waals surface area contributed by atoms with Crippen LogP contribution in [0, 0.1) is 12.3 Å². The van der Waals surface area contributed by atoms with Crippen LogP contribution in [-0.2, 0) is 0 Å². The van der Waals surface area contributed by atoms with Crippen LogP contribution in [0.2, 0.25) is 0 Å². The van der Waals surface area contributed by atoms with E-state index >= 15 is 0 Å². The van der Waals surface area contributed by atoms with Crippen molar-refractivity contribution in [3.8, 4) is 0 Å². The van der Waals surface area contributed by atoms with Crippen LogP contribution >= 0.6 is 11.3 Å². The quantitative estimate of drug-likeness (QED) is 0.840. The molecule has 1 spiro atoms. The molecule has 0 unspecified atom stereocenters. The molecule has 0 bridgehead atoms. The topological polar surface area (TPSA) is 45.2 Å². The molecule has 1 aromatic heterocycles. The summed E-state index contributed by atoms with van der Waals surface area (Å²) in [6.07, 6.45) is 5.27. The van der Waals surface area contributed by atoms with E-state index in [1.165, 1.54) is 17.8 Å². The van der Waals surface area contributed by atoms with Crippen LogP contribution in [-0.4, -0.2) is 42.0 Å². The van der Waals surface area contributed by atoms with E-state index in [0.29, 0.717) is 5.41 Å². The van der Waals surface area contributed by atoms with E-state index in [2.05, 4.69) is 10.3 Å². The number of amides is 1. The maximum Gasteiger partial charge on any atom is 0.265 e. The highest BCUT2D eigenvalue weighted by Crippen LogP contribution is 2.37. The third kappa shape index (κ3) is 2.17. The molecule has 98 valence electrons. The molecule has 1 aromatic rings. The van der Waals surface area contributed by atoms with Crippen LogP contribution in [0.15, 0.2) is 6.20 Å². The number of nitrogens with zero attached hydrogens (tertiary/aromatic N) is 2. The Bertz CT molecular complexity index is 441. The Balaban J connectivity index is 1.64. The molecule has 0 saturated carbocycles. The summed E-state index contributed by atoms with van der Waals surface area (Å²) in [4.78, 5) is 19.2. The third-order valence-corrected chi connectivity index (χ3v) is 5.18. The Morgan fingerprint density at radius 3 is 2.78 bits per heavy atom. The number of carbonyl (C=O) groups is 1. The molecule has 0 aliphatic carbocycles. The molecular weight excluding hydrogens is 246 g/mol. The van der Waals surface area contributed by atoms with Crippen LogP contribution < -0.4 is 5.32 Å². The summed E-state index contributed by atoms with van der Waals surface area (Å²) in [5.41, 5.74) is 0.473.